The molecule has 0 spiro atoms. The van der Waals surface area contributed by atoms with E-state index in [-0.39, 0.29) is 19.8 Å². The van der Waals surface area contributed by atoms with Gasteiger partial charge in [-0.05, 0) is 60.4 Å². The summed E-state index contributed by atoms with van der Waals surface area (Å²) in [5.41, 5.74) is 2.14. The van der Waals surface area contributed by atoms with E-state index in [1.54, 1.807) is 43.3 Å². The van der Waals surface area contributed by atoms with Crippen molar-refractivity contribution < 1.29 is 9.53 Å². The molecule has 3 rings (SSSR count). The summed E-state index contributed by atoms with van der Waals surface area (Å²) >= 11 is 7.24. The van der Waals surface area contributed by atoms with Gasteiger partial charge in [-0.1, -0.05) is 72.7 Å². The molecule has 0 saturated heterocycles. The van der Waals surface area contributed by atoms with Crippen molar-refractivity contribution in [3.8, 4) is 17.6 Å². The van der Waals surface area contributed by atoms with Crippen LogP contribution in [0.3, 0.4) is 0 Å². The number of nitrogens with zero attached hydrogens (tertiary/aromatic N) is 2. The zero-order valence-corrected chi connectivity index (χ0v) is 21.4. The second-order valence-corrected chi connectivity index (χ2v) is 6.67. The van der Waals surface area contributed by atoms with Crippen LogP contribution in [0.25, 0.3) is 0 Å². The molecule has 0 aliphatic carbocycles. The highest BCUT2D eigenvalue weighted by Crippen LogP contribution is 2.29. The van der Waals surface area contributed by atoms with Gasteiger partial charge in [-0.15, -0.1) is 0 Å². The van der Waals surface area contributed by atoms with Crippen LogP contribution >= 0.6 is 23.1 Å². The van der Waals surface area contributed by atoms with E-state index in [9.17, 15) is 4.79 Å². The van der Waals surface area contributed by atoms with Crippen molar-refractivity contribution in [1.29, 1.82) is 5.26 Å². The second kappa shape index (κ2) is 18.7. The highest BCUT2D eigenvalue weighted by Gasteiger charge is 2.12. The molecule has 0 bridgehead atoms. The fourth-order valence-corrected chi connectivity index (χ4v) is 3.15. The standard InChI is InChI=1S/C19H14ClN3O2S.3C2H6.CH4/c1-12-18(20)19(26-23-12)22-17(24)10-13-2-6-15(7-3-13)25-16-8-4-14(11-21)5-9-16;3*1-2;/h2-9H,10H2,1H3,(H,22,24);3*1-2H3;1H4. The number of aryl methyl sites for hydroxylation is 1. The lowest BCUT2D eigenvalue weighted by Gasteiger charge is -2.07. The van der Waals surface area contributed by atoms with E-state index in [1.807, 2.05) is 53.7 Å². The molecule has 0 fully saturated rings. The largest absolute Gasteiger partial charge is 0.457 e. The molecular weight excluding hydrogens is 454 g/mol. The molecule has 0 aliphatic heterocycles. The average Bonchev–Trinajstić information content (AvgIpc) is 3.16. The fourth-order valence-electron chi connectivity index (χ4n) is 2.20. The maximum Gasteiger partial charge on any atom is 0.229 e. The minimum absolute atomic E-state index is 0. The minimum Gasteiger partial charge on any atom is -0.457 e. The Morgan fingerprint density at radius 2 is 1.48 bits per heavy atom. The first-order valence-corrected chi connectivity index (χ1v) is 11.9. The van der Waals surface area contributed by atoms with Crippen LogP contribution < -0.4 is 10.1 Å². The number of hydrogen-bond acceptors (Lipinski definition) is 5. The van der Waals surface area contributed by atoms with Gasteiger partial charge in [0.15, 0.2) is 0 Å². The number of carbonyl (C=O) groups is 1. The number of benzene rings is 2. The van der Waals surface area contributed by atoms with Crippen LogP contribution in [0, 0.1) is 18.3 Å². The van der Waals surface area contributed by atoms with Gasteiger partial charge in [0.25, 0.3) is 0 Å². The minimum atomic E-state index is -0.156. The summed E-state index contributed by atoms with van der Waals surface area (Å²) < 4.78 is 9.82. The van der Waals surface area contributed by atoms with Gasteiger partial charge in [0.1, 0.15) is 16.5 Å². The Bertz CT molecular complexity index is 963. The molecule has 0 saturated carbocycles. The van der Waals surface area contributed by atoms with Gasteiger partial charge in [-0.2, -0.15) is 9.64 Å². The van der Waals surface area contributed by atoms with Crippen molar-refractivity contribution in [2.45, 2.75) is 62.3 Å². The van der Waals surface area contributed by atoms with Crippen LogP contribution in [-0.2, 0) is 11.2 Å². The van der Waals surface area contributed by atoms with Gasteiger partial charge >= 0.3 is 0 Å². The van der Waals surface area contributed by atoms with E-state index < -0.39 is 0 Å². The number of halogens is 1. The lowest BCUT2D eigenvalue weighted by atomic mass is 10.1. The molecule has 0 unspecified atom stereocenters. The number of nitrogens with one attached hydrogen (secondary N) is 1. The van der Waals surface area contributed by atoms with Crippen LogP contribution in [-0.4, -0.2) is 10.3 Å². The molecule has 5 nitrogen and oxygen atoms in total. The number of rotatable bonds is 5. The fraction of sp³-hybridized carbons (Fsp3) is 0.346. The summed E-state index contributed by atoms with van der Waals surface area (Å²) in [7, 11) is 0. The maximum absolute atomic E-state index is 12.1. The lowest BCUT2D eigenvalue weighted by Crippen LogP contribution is -2.13. The van der Waals surface area contributed by atoms with Gasteiger partial charge in [-0.25, -0.2) is 0 Å². The molecule has 2 aromatic carbocycles. The Hall–Kier alpha value is -2.88. The molecule has 1 N–H and O–H groups in total. The highest BCUT2D eigenvalue weighted by atomic mass is 35.5. The average molecular weight is 490 g/mol. The molecule has 7 heteroatoms. The third-order valence-electron chi connectivity index (χ3n) is 3.55. The first kappa shape index (κ1) is 32.3. The van der Waals surface area contributed by atoms with Crippen LogP contribution in [0.15, 0.2) is 48.5 Å². The van der Waals surface area contributed by atoms with Crippen molar-refractivity contribution in [2.24, 2.45) is 0 Å². The number of anilines is 1. The summed E-state index contributed by atoms with van der Waals surface area (Å²) in [5, 5.41) is 12.6. The van der Waals surface area contributed by atoms with Crippen molar-refractivity contribution in [3.63, 3.8) is 0 Å². The molecule has 33 heavy (non-hydrogen) atoms. The predicted molar refractivity (Wildman–Crippen MR) is 143 cm³/mol. The smallest absolute Gasteiger partial charge is 0.229 e. The summed E-state index contributed by atoms with van der Waals surface area (Å²) in [6, 6.07) is 16.2. The van der Waals surface area contributed by atoms with E-state index in [0.29, 0.717) is 32.8 Å². The summed E-state index contributed by atoms with van der Waals surface area (Å²) in [4.78, 5) is 12.1. The monoisotopic (exact) mass is 489 g/mol. The normalized spacial score (nSPS) is 8.58. The molecule has 1 heterocycles. The topological polar surface area (TPSA) is 75.0 Å². The van der Waals surface area contributed by atoms with Crippen LogP contribution in [0.1, 0.15) is 65.8 Å². The number of amides is 1. The Morgan fingerprint density at radius 1 is 1.00 bits per heavy atom. The quantitative estimate of drug-likeness (QED) is 0.389. The van der Waals surface area contributed by atoms with Crippen molar-refractivity contribution in [2.75, 3.05) is 5.32 Å². The van der Waals surface area contributed by atoms with E-state index in [4.69, 9.17) is 21.6 Å². The molecule has 0 atom stereocenters. The highest BCUT2D eigenvalue weighted by molar-refractivity contribution is 7.11. The number of aromatic nitrogens is 1. The molecule has 3 aromatic rings. The van der Waals surface area contributed by atoms with Gasteiger partial charge < -0.3 is 10.1 Å². The third kappa shape index (κ3) is 11.0. The summed E-state index contributed by atoms with van der Waals surface area (Å²) in [6.07, 6.45) is 0.227. The van der Waals surface area contributed by atoms with E-state index in [1.165, 1.54) is 11.5 Å². The zero-order valence-electron chi connectivity index (χ0n) is 19.8. The third-order valence-corrected chi connectivity index (χ3v) is 4.98. The first-order chi connectivity index (χ1) is 15.5. The molecule has 180 valence electrons. The zero-order chi connectivity index (χ0) is 24.5. The molecule has 1 amide bonds. The van der Waals surface area contributed by atoms with E-state index >= 15 is 0 Å². The van der Waals surface area contributed by atoms with E-state index in [0.717, 1.165) is 5.56 Å². The van der Waals surface area contributed by atoms with Gasteiger partial charge in [0.2, 0.25) is 5.91 Å². The van der Waals surface area contributed by atoms with Crippen LogP contribution in [0.4, 0.5) is 5.00 Å². The van der Waals surface area contributed by atoms with Gasteiger partial charge in [0.05, 0.1) is 28.8 Å². The van der Waals surface area contributed by atoms with E-state index in [2.05, 4.69) is 15.8 Å². The number of nitriles is 1. The second-order valence-electron chi connectivity index (χ2n) is 5.52. The molecule has 0 aliphatic rings. The van der Waals surface area contributed by atoms with Crippen molar-refractivity contribution in [3.05, 3.63) is 70.4 Å². The SMILES string of the molecule is C.CC.CC.CC.Cc1nsc(NC(=O)Cc2ccc(Oc3ccc(C#N)cc3)cc2)c1Cl. The van der Waals surface area contributed by atoms with Crippen molar-refractivity contribution >= 4 is 34.0 Å². The van der Waals surface area contributed by atoms with Gasteiger partial charge in [-0.3, -0.25) is 4.79 Å². The maximum atomic E-state index is 12.1. The number of ether oxygens (including phenoxy) is 1. The van der Waals surface area contributed by atoms with Crippen LogP contribution in [0.2, 0.25) is 5.02 Å². The lowest BCUT2D eigenvalue weighted by molar-refractivity contribution is -0.115. The number of carbonyl (C=O) groups excluding carboxylic acids is 1. The first-order valence-electron chi connectivity index (χ1n) is 10.7. The van der Waals surface area contributed by atoms with Gasteiger partial charge in [0, 0.05) is 0 Å². The Morgan fingerprint density at radius 3 is 1.91 bits per heavy atom. The Balaban J connectivity index is 0. The Labute approximate surface area is 208 Å². The van der Waals surface area contributed by atoms with Crippen molar-refractivity contribution in [1.82, 2.24) is 4.37 Å². The summed E-state index contributed by atoms with van der Waals surface area (Å²) in [5.74, 6) is 1.14. The van der Waals surface area contributed by atoms with Crippen LogP contribution in [0.5, 0.6) is 11.5 Å². The summed E-state index contributed by atoms with van der Waals surface area (Å²) in [6.45, 7) is 13.8. The molecule has 1 aromatic heterocycles. The number of hydrogen-bond donors (Lipinski definition) is 1. The predicted octanol–water partition coefficient (Wildman–Crippen LogP) is 8.66. The molecule has 0 radical (unpaired) electrons. The Kier molecular flexibility index (Phi) is 18.3. The molecular formula is C26H36ClN3O2S.